The third-order valence-electron chi connectivity index (χ3n) is 4.02. The number of primary amides is 1. The van der Waals surface area contributed by atoms with E-state index in [4.69, 9.17) is 5.73 Å². The van der Waals surface area contributed by atoms with Crippen molar-refractivity contribution < 1.29 is 4.79 Å². The lowest BCUT2D eigenvalue weighted by molar-refractivity contribution is 0.100. The Labute approximate surface area is 152 Å². The molecule has 0 saturated carbocycles. The van der Waals surface area contributed by atoms with Gasteiger partial charge < -0.3 is 16.4 Å². The van der Waals surface area contributed by atoms with Gasteiger partial charge in [0, 0.05) is 24.0 Å². The first kappa shape index (κ1) is 17.4. The van der Waals surface area contributed by atoms with E-state index < -0.39 is 5.91 Å². The monoisotopic (exact) mass is 347 g/mol. The predicted octanol–water partition coefficient (Wildman–Crippen LogP) is 3.53. The molecule has 0 bridgehead atoms. The fourth-order valence-corrected chi connectivity index (χ4v) is 2.55. The van der Waals surface area contributed by atoms with Crippen LogP contribution >= 0.6 is 0 Å². The van der Waals surface area contributed by atoms with Crippen LogP contribution in [0.25, 0.3) is 0 Å². The second kappa shape index (κ2) is 8.11. The van der Waals surface area contributed by atoms with Crippen molar-refractivity contribution in [2.45, 2.75) is 12.8 Å². The van der Waals surface area contributed by atoms with Crippen molar-refractivity contribution in [3.05, 3.63) is 78.0 Å². The van der Waals surface area contributed by atoms with Gasteiger partial charge in [-0.05, 0) is 35.7 Å². The highest BCUT2D eigenvalue weighted by molar-refractivity contribution is 5.93. The number of rotatable bonds is 7. The molecule has 0 spiro atoms. The number of nitrogens with two attached hydrogens (primary N) is 1. The minimum Gasteiger partial charge on any atom is -0.369 e. The van der Waals surface area contributed by atoms with Crippen molar-refractivity contribution in [3.8, 4) is 0 Å². The maximum Gasteiger partial charge on any atom is 0.248 e. The molecule has 1 atom stereocenters. The second-order valence-corrected chi connectivity index (χ2v) is 6.03. The van der Waals surface area contributed by atoms with Gasteiger partial charge in [-0.2, -0.15) is 4.98 Å². The SMILES string of the molecule is C[C@@H](CNc1ccnc(Nc2cccc(C(N)=O)c2)n1)c1ccccc1. The Morgan fingerprint density at radius 2 is 1.92 bits per heavy atom. The molecule has 0 aliphatic rings. The summed E-state index contributed by atoms with van der Waals surface area (Å²) in [7, 11) is 0. The Hall–Kier alpha value is -3.41. The van der Waals surface area contributed by atoms with Gasteiger partial charge in [0.15, 0.2) is 0 Å². The first-order valence-corrected chi connectivity index (χ1v) is 8.40. The molecule has 0 aliphatic heterocycles. The summed E-state index contributed by atoms with van der Waals surface area (Å²) in [5, 5.41) is 6.42. The number of benzene rings is 2. The number of hydrogen-bond acceptors (Lipinski definition) is 5. The molecule has 6 heteroatoms. The zero-order chi connectivity index (χ0) is 18.4. The van der Waals surface area contributed by atoms with Crippen molar-refractivity contribution in [2.75, 3.05) is 17.2 Å². The van der Waals surface area contributed by atoms with Crippen LogP contribution < -0.4 is 16.4 Å². The fourth-order valence-electron chi connectivity index (χ4n) is 2.55. The summed E-state index contributed by atoms with van der Waals surface area (Å²) in [6, 6.07) is 19.1. The van der Waals surface area contributed by atoms with Crippen molar-refractivity contribution in [1.29, 1.82) is 0 Å². The van der Waals surface area contributed by atoms with Gasteiger partial charge in [0.1, 0.15) is 5.82 Å². The summed E-state index contributed by atoms with van der Waals surface area (Å²) in [6.07, 6.45) is 1.68. The molecule has 132 valence electrons. The van der Waals surface area contributed by atoms with E-state index in [0.717, 1.165) is 12.4 Å². The van der Waals surface area contributed by atoms with Gasteiger partial charge in [-0.15, -0.1) is 0 Å². The zero-order valence-electron chi connectivity index (χ0n) is 14.5. The smallest absolute Gasteiger partial charge is 0.248 e. The predicted molar refractivity (Wildman–Crippen MR) is 104 cm³/mol. The van der Waals surface area contributed by atoms with Crippen LogP contribution in [0.15, 0.2) is 66.9 Å². The molecule has 0 fully saturated rings. The number of carbonyl (C=O) groups is 1. The summed E-state index contributed by atoms with van der Waals surface area (Å²) in [5.41, 5.74) is 7.72. The molecule has 4 N–H and O–H groups in total. The van der Waals surface area contributed by atoms with Crippen LogP contribution in [0.2, 0.25) is 0 Å². The van der Waals surface area contributed by atoms with Crippen molar-refractivity contribution in [3.63, 3.8) is 0 Å². The first-order valence-electron chi connectivity index (χ1n) is 8.40. The molecule has 3 rings (SSSR count). The summed E-state index contributed by atoms with van der Waals surface area (Å²) in [5.74, 6) is 1.06. The van der Waals surface area contributed by atoms with E-state index in [0.29, 0.717) is 23.1 Å². The van der Waals surface area contributed by atoms with E-state index in [2.05, 4.69) is 39.7 Å². The molecule has 2 aromatic carbocycles. The third-order valence-corrected chi connectivity index (χ3v) is 4.02. The van der Waals surface area contributed by atoms with Gasteiger partial charge in [0.2, 0.25) is 11.9 Å². The Kier molecular flexibility index (Phi) is 5.43. The summed E-state index contributed by atoms with van der Waals surface area (Å²) >= 11 is 0. The molecular weight excluding hydrogens is 326 g/mol. The largest absolute Gasteiger partial charge is 0.369 e. The molecule has 1 amide bonds. The Morgan fingerprint density at radius 1 is 1.12 bits per heavy atom. The maximum absolute atomic E-state index is 11.3. The Morgan fingerprint density at radius 3 is 2.69 bits per heavy atom. The molecule has 26 heavy (non-hydrogen) atoms. The van der Waals surface area contributed by atoms with Crippen LogP contribution in [0.3, 0.4) is 0 Å². The average Bonchev–Trinajstić information content (AvgIpc) is 2.67. The number of carbonyl (C=O) groups excluding carboxylic acids is 1. The molecule has 0 aliphatic carbocycles. The Bertz CT molecular complexity index is 882. The average molecular weight is 347 g/mol. The van der Waals surface area contributed by atoms with Crippen LogP contribution in [0.5, 0.6) is 0 Å². The number of hydrogen-bond donors (Lipinski definition) is 3. The number of anilines is 3. The highest BCUT2D eigenvalue weighted by Gasteiger charge is 2.07. The number of amides is 1. The van der Waals surface area contributed by atoms with Crippen LogP contribution in [0.1, 0.15) is 28.8 Å². The van der Waals surface area contributed by atoms with Crippen molar-refractivity contribution in [2.24, 2.45) is 5.73 Å². The second-order valence-electron chi connectivity index (χ2n) is 6.03. The van der Waals surface area contributed by atoms with E-state index in [1.807, 2.05) is 30.3 Å². The van der Waals surface area contributed by atoms with Crippen molar-refractivity contribution >= 4 is 23.4 Å². The zero-order valence-corrected chi connectivity index (χ0v) is 14.5. The van der Waals surface area contributed by atoms with Gasteiger partial charge >= 0.3 is 0 Å². The summed E-state index contributed by atoms with van der Waals surface area (Å²) in [4.78, 5) is 20.0. The molecule has 0 radical (unpaired) electrons. The van der Waals surface area contributed by atoms with Gasteiger partial charge in [-0.1, -0.05) is 43.3 Å². The van der Waals surface area contributed by atoms with Crippen LogP contribution in [0.4, 0.5) is 17.5 Å². The lowest BCUT2D eigenvalue weighted by Gasteiger charge is -2.14. The molecular formula is C20H21N5O. The number of nitrogens with one attached hydrogen (secondary N) is 2. The topological polar surface area (TPSA) is 92.9 Å². The molecule has 1 aromatic heterocycles. The highest BCUT2D eigenvalue weighted by atomic mass is 16.1. The summed E-state index contributed by atoms with van der Waals surface area (Å²) in [6.45, 7) is 2.93. The normalized spacial score (nSPS) is 11.6. The van der Waals surface area contributed by atoms with Gasteiger partial charge in [-0.3, -0.25) is 4.79 Å². The number of nitrogens with zero attached hydrogens (tertiary/aromatic N) is 2. The van der Waals surface area contributed by atoms with Gasteiger partial charge in [0.05, 0.1) is 0 Å². The lowest BCUT2D eigenvalue weighted by atomic mass is 10.0. The first-order chi connectivity index (χ1) is 12.6. The van der Waals surface area contributed by atoms with Crippen LogP contribution in [-0.4, -0.2) is 22.4 Å². The fraction of sp³-hybridized carbons (Fsp3) is 0.150. The molecule has 0 unspecified atom stereocenters. The summed E-state index contributed by atoms with van der Waals surface area (Å²) < 4.78 is 0. The number of aromatic nitrogens is 2. The van der Waals surface area contributed by atoms with Crippen molar-refractivity contribution in [1.82, 2.24) is 9.97 Å². The minimum absolute atomic E-state index is 0.356. The van der Waals surface area contributed by atoms with Crippen LogP contribution in [0, 0.1) is 0 Å². The standard InChI is InChI=1S/C20H21N5O/c1-14(15-6-3-2-4-7-15)13-23-18-10-11-22-20(25-18)24-17-9-5-8-16(12-17)19(21)26/h2-12,14H,13H2,1H3,(H2,21,26)(H2,22,23,24,25)/t14-/m0/s1. The maximum atomic E-state index is 11.3. The quantitative estimate of drug-likeness (QED) is 0.608. The third kappa shape index (κ3) is 4.57. The molecule has 3 aromatic rings. The van der Waals surface area contributed by atoms with E-state index in [1.165, 1.54) is 5.56 Å². The lowest BCUT2D eigenvalue weighted by Crippen LogP contribution is -2.12. The van der Waals surface area contributed by atoms with Crippen LogP contribution in [-0.2, 0) is 0 Å². The van der Waals surface area contributed by atoms with E-state index in [1.54, 1.807) is 24.4 Å². The molecule has 6 nitrogen and oxygen atoms in total. The Balaban J connectivity index is 1.65. The van der Waals surface area contributed by atoms with E-state index in [9.17, 15) is 4.79 Å². The van der Waals surface area contributed by atoms with Gasteiger partial charge in [0.25, 0.3) is 0 Å². The minimum atomic E-state index is -0.472. The molecule has 1 heterocycles. The molecule has 0 saturated heterocycles. The highest BCUT2D eigenvalue weighted by Crippen LogP contribution is 2.18. The van der Waals surface area contributed by atoms with E-state index >= 15 is 0 Å². The van der Waals surface area contributed by atoms with Gasteiger partial charge in [-0.25, -0.2) is 4.98 Å². The van der Waals surface area contributed by atoms with E-state index in [-0.39, 0.29) is 0 Å².